The van der Waals surface area contributed by atoms with Crippen LogP contribution in [-0.4, -0.2) is 21.0 Å². The van der Waals surface area contributed by atoms with Gasteiger partial charge in [0.15, 0.2) is 10.9 Å². The lowest BCUT2D eigenvalue weighted by molar-refractivity contribution is 0.0977. The van der Waals surface area contributed by atoms with Crippen molar-refractivity contribution in [3.8, 4) is 5.88 Å². The van der Waals surface area contributed by atoms with Gasteiger partial charge in [-0.1, -0.05) is 48.5 Å². The first-order chi connectivity index (χ1) is 12.7. The fraction of sp³-hybridized carbons (Fsp3) is 0.0526. The van der Waals surface area contributed by atoms with Crippen LogP contribution in [0.5, 0.6) is 5.88 Å². The Morgan fingerprint density at radius 2 is 1.69 bits per heavy atom. The average Bonchev–Trinajstić information content (AvgIpc) is 2.68. The van der Waals surface area contributed by atoms with Gasteiger partial charge >= 0.3 is 0 Å². The number of rotatable bonds is 5. The molecule has 0 aliphatic heterocycles. The third kappa shape index (κ3) is 5.09. The molecule has 0 atom stereocenters. The predicted octanol–water partition coefficient (Wildman–Crippen LogP) is 3.18. The molecule has 7 heteroatoms. The number of carbonyl (C=O) groups is 1. The minimum atomic E-state index is -0.299. The molecule has 3 aromatic rings. The van der Waals surface area contributed by atoms with Gasteiger partial charge in [0, 0.05) is 5.56 Å². The second-order valence-electron chi connectivity index (χ2n) is 5.29. The van der Waals surface area contributed by atoms with E-state index in [1.807, 2.05) is 36.4 Å². The number of hydrogen-bond donors (Lipinski definition) is 2. The van der Waals surface area contributed by atoms with E-state index in [0.717, 1.165) is 5.56 Å². The van der Waals surface area contributed by atoms with Crippen LogP contribution < -0.4 is 15.4 Å². The number of nitrogens with zero attached hydrogens (tertiary/aromatic N) is 2. The molecule has 2 aromatic carbocycles. The van der Waals surface area contributed by atoms with Gasteiger partial charge in [0.25, 0.3) is 5.91 Å². The Balaban J connectivity index is 1.56. The van der Waals surface area contributed by atoms with Gasteiger partial charge < -0.3 is 10.1 Å². The standard InChI is InChI=1S/C19H16N4O2S/c24-18(15-9-5-2-6-10-15)23-19(26)22-16-11-20-12-17(21-16)25-13-14-7-3-1-4-8-14/h1-12H,13H2,(H2,21,22,23,24,26). The Morgan fingerprint density at radius 3 is 2.42 bits per heavy atom. The first-order valence-corrected chi connectivity index (χ1v) is 8.28. The number of amides is 1. The minimum Gasteiger partial charge on any atom is -0.472 e. The molecular formula is C19H16N4O2S. The lowest BCUT2D eigenvalue weighted by atomic mass is 10.2. The summed E-state index contributed by atoms with van der Waals surface area (Å²) in [7, 11) is 0. The Kier molecular flexibility index (Phi) is 5.84. The summed E-state index contributed by atoms with van der Waals surface area (Å²) in [5, 5.41) is 5.55. The quantitative estimate of drug-likeness (QED) is 0.677. The molecule has 6 nitrogen and oxygen atoms in total. The zero-order valence-corrected chi connectivity index (χ0v) is 14.6. The Labute approximate surface area is 156 Å². The van der Waals surface area contributed by atoms with Crippen molar-refractivity contribution in [3.05, 3.63) is 84.2 Å². The molecule has 1 amide bonds. The van der Waals surface area contributed by atoms with E-state index in [9.17, 15) is 4.79 Å². The number of carbonyl (C=O) groups excluding carboxylic acids is 1. The van der Waals surface area contributed by atoms with Crippen LogP contribution in [0, 0.1) is 0 Å². The van der Waals surface area contributed by atoms with Gasteiger partial charge in [0.2, 0.25) is 5.88 Å². The summed E-state index contributed by atoms with van der Waals surface area (Å²) < 4.78 is 5.62. The van der Waals surface area contributed by atoms with Crippen LogP contribution >= 0.6 is 12.2 Å². The highest BCUT2D eigenvalue weighted by molar-refractivity contribution is 7.80. The molecule has 130 valence electrons. The maximum Gasteiger partial charge on any atom is 0.257 e. The summed E-state index contributed by atoms with van der Waals surface area (Å²) in [6, 6.07) is 18.6. The number of hydrogen-bond acceptors (Lipinski definition) is 5. The topological polar surface area (TPSA) is 76.1 Å². The van der Waals surface area contributed by atoms with Gasteiger partial charge in [0.05, 0.1) is 12.4 Å². The maximum absolute atomic E-state index is 12.1. The third-order valence-electron chi connectivity index (χ3n) is 3.35. The predicted molar refractivity (Wildman–Crippen MR) is 103 cm³/mol. The van der Waals surface area contributed by atoms with Crippen LogP contribution in [0.1, 0.15) is 15.9 Å². The van der Waals surface area contributed by atoms with Crippen molar-refractivity contribution in [2.75, 3.05) is 5.32 Å². The molecule has 0 fully saturated rings. The SMILES string of the molecule is O=C(NC(=S)Nc1cncc(OCc2ccccc2)n1)c1ccccc1. The maximum atomic E-state index is 12.1. The highest BCUT2D eigenvalue weighted by atomic mass is 32.1. The summed E-state index contributed by atoms with van der Waals surface area (Å²) in [5.41, 5.74) is 1.54. The molecule has 0 bridgehead atoms. The van der Waals surface area contributed by atoms with Crippen LogP contribution in [0.3, 0.4) is 0 Å². The Hall–Kier alpha value is -3.32. The van der Waals surface area contributed by atoms with Gasteiger partial charge in [-0.25, -0.2) is 0 Å². The normalized spacial score (nSPS) is 10.0. The third-order valence-corrected chi connectivity index (χ3v) is 3.55. The monoisotopic (exact) mass is 364 g/mol. The van der Waals surface area contributed by atoms with Crippen LogP contribution in [0.2, 0.25) is 0 Å². The van der Waals surface area contributed by atoms with Crippen molar-refractivity contribution < 1.29 is 9.53 Å². The van der Waals surface area contributed by atoms with Gasteiger partial charge in [-0.15, -0.1) is 0 Å². The lowest BCUT2D eigenvalue weighted by Gasteiger charge is -2.10. The first-order valence-electron chi connectivity index (χ1n) is 7.87. The largest absolute Gasteiger partial charge is 0.472 e. The second kappa shape index (κ2) is 8.68. The molecule has 26 heavy (non-hydrogen) atoms. The minimum absolute atomic E-state index is 0.133. The van der Waals surface area contributed by atoms with Crippen LogP contribution in [0.25, 0.3) is 0 Å². The molecule has 3 rings (SSSR count). The fourth-order valence-corrected chi connectivity index (χ4v) is 2.32. The molecule has 0 spiro atoms. The van der Waals surface area contributed by atoms with Gasteiger partial charge in [0.1, 0.15) is 6.61 Å². The molecule has 1 aromatic heterocycles. The van der Waals surface area contributed by atoms with E-state index in [-0.39, 0.29) is 11.0 Å². The van der Waals surface area contributed by atoms with E-state index in [1.165, 1.54) is 12.4 Å². The molecule has 0 radical (unpaired) electrons. The van der Waals surface area contributed by atoms with Crippen molar-refractivity contribution in [3.63, 3.8) is 0 Å². The fourth-order valence-electron chi connectivity index (χ4n) is 2.12. The summed E-state index contributed by atoms with van der Waals surface area (Å²) in [6.45, 7) is 0.383. The van der Waals surface area contributed by atoms with E-state index in [1.54, 1.807) is 24.3 Å². The van der Waals surface area contributed by atoms with E-state index >= 15 is 0 Å². The van der Waals surface area contributed by atoms with Crippen molar-refractivity contribution in [2.24, 2.45) is 0 Å². The summed E-state index contributed by atoms with van der Waals surface area (Å²) >= 11 is 5.15. The molecule has 0 saturated carbocycles. The van der Waals surface area contributed by atoms with E-state index < -0.39 is 0 Å². The molecular weight excluding hydrogens is 348 g/mol. The highest BCUT2D eigenvalue weighted by Gasteiger charge is 2.08. The van der Waals surface area contributed by atoms with Crippen molar-refractivity contribution in [1.29, 1.82) is 0 Å². The number of ether oxygens (including phenoxy) is 1. The average molecular weight is 364 g/mol. The summed E-state index contributed by atoms with van der Waals surface area (Å²) in [4.78, 5) is 20.4. The van der Waals surface area contributed by atoms with Crippen LogP contribution in [0.15, 0.2) is 73.1 Å². The van der Waals surface area contributed by atoms with Gasteiger partial charge in [-0.3, -0.25) is 15.1 Å². The number of thiocarbonyl (C=S) groups is 1. The number of anilines is 1. The van der Waals surface area contributed by atoms with E-state index in [2.05, 4.69) is 20.6 Å². The molecule has 0 unspecified atom stereocenters. The zero-order chi connectivity index (χ0) is 18.2. The van der Waals surface area contributed by atoms with Crippen LogP contribution in [-0.2, 0) is 6.61 Å². The Morgan fingerprint density at radius 1 is 1.00 bits per heavy atom. The van der Waals surface area contributed by atoms with Crippen molar-refractivity contribution >= 4 is 29.1 Å². The number of benzene rings is 2. The van der Waals surface area contributed by atoms with Gasteiger partial charge in [-0.05, 0) is 29.9 Å². The highest BCUT2D eigenvalue weighted by Crippen LogP contribution is 2.11. The molecule has 2 N–H and O–H groups in total. The molecule has 0 aliphatic rings. The van der Waals surface area contributed by atoms with Gasteiger partial charge in [-0.2, -0.15) is 4.98 Å². The number of aromatic nitrogens is 2. The first kappa shape index (κ1) is 17.5. The lowest BCUT2D eigenvalue weighted by Crippen LogP contribution is -2.34. The smallest absolute Gasteiger partial charge is 0.257 e. The van der Waals surface area contributed by atoms with E-state index in [0.29, 0.717) is 23.9 Å². The van der Waals surface area contributed by atoms with Crippen molar-refractivity contribution in [1.82, 2.24) is 15.3 Å². The molecule has 0 aliphatic carbocycles. The summed E-state index contributed by atoms with van der Waals surface area (Å²) in [6.07, 6.45) is 3.01. The Bertz CT molecular complexity index is 888. The van der Waals surface area contributed by atoms with Crippen LogP contribution in [0.4, 0.5) is 5.82 Å². The second-order valence-corrected chi connectivity index (χ2v) is 5.70. The van der Waals surface area contributed by atoms with Crippen molar-refractivity contribution in [2.45, 2.75) is 6.61 Å². The molecule has 0 saturated heterocycles. The van der Waals surface area contributed by atoms with E-state index in [4.69, 9.17) is 17.0 Å². The summed E-state index contributed by atoms with van der Waals surface area (Å²) in [5.74, 6) is 0.442. The molecule has 1 heterocycles. The number of nitrogens with one attached hydrogen (secondary N) is 2. The zero-order valence-electron chi connectivity index (χ0n) is 13.8.